The molecule has 0 saturated carbocycles. The fourth-order valence-corrected chi connectivity index (χ4v) is 2.94. The molecule has 0 bridgehead atoms. The van der Waals surface area contributed by atoms with Crippen molar-refractivity contribution in [2.45, 2.75) is 13.1 Å². The number of thiophene rings is 1. The van der Waals surface area contributed by atoms with Gasteiger partial charge < -0.3 is 5.32 Å². The number of likely N-dealkylation sites (N-methyl/N-ethyl adjacent to an activating group) is 1. The normalized spacial score (nSPS) is 10.9. The highest BCUT2D eigenvalue weighted by molar-refractivity contribution is 7.09. The van der Waals surface area contributed by atoms with Crippen molar-refractivity contribution in [2.24, 2.45) is 0 Å². The van der Waals surface area contributed by atoms with Gasteiger partial charge in [-0.25, -0.2) is 0 Å². The molecule has 1 aromatic carbocycles. The lowest BCUT2D eigenvalue weighted by atomic mass is 10.2. The Hall–Kier alpha value is -1.07. The van der Waals surface area contributed by atoms with E-state index in [0.717, 1.165) is 10.4 Å². The van der Waals surface area contributed by atoms with Gasteiger partial charge in [-0.15, -0.1) is 11.3 Å². The first-order valence-electron chi connectivity index (χ1n) is 6.47. The third-order valence-corrected chi connectivity index (χ3v) is 4.66. The maximum atomic E-state index is 11.9. The van der Waals surface area contributed by atoms with Crippen molar-refractivity contribution in [3.05, 3.63) is 56.2 Å². The van der Waals surface area contributed by atoms with Gasteiger partial charge in [0.25, 0.3) is 0 Å². The third kappa shape index (κ3) is 5.00. The molecule has 1 aromatic heterocycles. The van der Waals surface area contributed by atoms with Gasteiger partial charge in [0.2, 0.25) is 5.91 Å². The second kappa shape index (κ2) is 7.80. The number of rotatable bonds is 6. The van der Waals surface area contributed by atoms with Crippen LogP contribution in [0.5, 0.6) is 0 Å². The maximum absolute atomic E-state index is 11.9. The first kappa shape index (κ1) is 16.3. The molecule has 0 radical (unpaired) electrons. The van der Waals surface area contributed by atoms with Crippen LogP contribution in [0.2, 0.25) is 10.0 Å². The van der Waals surface area contributed by atoms with Crippen LogP contribution in [0.3, 0.4) is 0 Å². The van der Waals surface area contributed by atoms with Gasteiger partial charge in [-0.05, 0) is 30.1 Å². The van der Waals surface area contributed by atoms with Crippen LogP contribution >= 0.6 is 34.5 Å². The van der Waals surface area contributed by atoms with Crippen LogP contribution < -0.4 is 5.32 Å². The number of benzene rings is 1. The second-order valence-corrected chi connectivity index (χ2v) is 6.56. The van der Waals surface area contributed by atoms with E-state index < -0.39 is 0 Å². The molecule has 1 N–H and O–H groups in total. The summed E-state index contributed by atoms with van der Waals surface area (Å²) in [5.41, 5.74) is 0.915. The van der Waals surface area contributed by atoms with Crippen LogP contribution in [-0.2, 0) is 17.9 Å². The second-order valence-electron chi connectivity index (χ2n) is 4.74. The fourth-order valence-electron chi connectivity index (χ4n) is 1.92. The van der Waals surface area contributed by atoms with Crippen molar-refractivity contribution in [2.75, 3.05) is 13.6 Å². The third-order valence-electron chi connectivity index (χ3n) is 2.93. The largest absolute Gasteiger partial charge is 0.350 e. The maximum Gasteiger partial charge on any atom is 0.234 e. The van der Waals surface area contributed by atoms with Crippen LogP contribution in [-0.4, -0.2) is 24.4 Å². The molecule has 0 aliphatic heterocycles. The summed E-state index contributed by atoms with van der Waals surface area (Å²) in [4.78, 5) is 14.9. The van der Waals surface area contributed by atoms with Gasteiger partial charge in [-0.2, -0.15) is 0 Å². The highest BCUT2D eigenvalue weighted by Crippen LogP contribution is 2.26. The van der Waals surface area contributed by atoms with Gasteiger partial charge in [-0.3, -0.25) is 9.69 Å². The van der Waals surface area contributed by atoms with Crippen molar-refractivity contribution < 1.29 is 4.79 Å². The molecule has 0 fully saturated rings. The Kier molecular flexibility index (Phi) is 6.06. The topological polar surface area (TPSA) is 32.3 Å². The Morgan fingerprint density at radius 2 is 2.10 bits per heavy atom. The van der Waals surface area contributed by atoms with E-state index in [4.69, 9.17) is 23.2 Å². The summed E-state index contributed by atoms with van der Waals surface area (Å²) in [6, 6.07) is 9.49. The molecule has 0 unspecified atom stereocenters. The SMILES string of the molecule is CN(CC(=O)NCc1cccs1)Cc1cccc(Cl)c1Cl. The van der Waals surface area contributed by atoms with E-state index >= 15 is 0 Å². The molecule has 2 rings (SSSR count). The van der Waals surface area contributed by atoms with Crippen LogP contribution in [0, 0.1) is 0 Å². The Bertz CT molecular complexity index is 602. The first-order chi connectivity index (χ1) is 10.1. The number of hydrogen-bond donors (Lipinski definition) is 1. The Balaban J connectivity index is 1.82. The molecule has 112 valence electrons. The number of hydrogen-bond acceptors (Lipinski definition) is 3. The number of nitrogens with one attached hydrogen (secondary N) is 1. The smallest absolute Gasteiger partial charge is 0.234 e. The molecule has 0 saturated heterocycles. The summed E-state index contributed by atoms with van der Waals surface area (Å²) in [6.45, 7) is 1.46. The van der Waals surface area contributed by atoms with Crippen molar-refractivity contribution in [1.82, 2.24) is 10.2 Å². The minimum atomic E-state index is -0.0101. The minimum absolute atomic E-state index is 0.0101. The summed E-state index contributed by atoms with van der Waals surface area (Å²) in [5, 5.41) is 5.97. The van der Waals surface area contributed by atoms with Gasteiger partial charge >= 0.3 is 0 Å². The van der Waals surface area contributed by atoms with Crippen molar-refractivity contribution in [3.8, 4) is 0 Å². The number of carbonyl (C=O) groups excluding carboxylic acids is 1. The lowest BCUT2D eigenvalue weighted by molar-refractivity contribution is -0.122. The lowest BCUT2D eigenvalue weighted by Gasteiger charge is -2.17. The molecule has 1 heterocycles. The first-order valence-corrected chi connectivity index (χ1v) is 8.10. The Morgan fingerprint density at radius 3 is 2.81 bits per heavy atom. The zero-order valence-corrected chi connectivity index (χ0v) is 13.9. The molecule has 0 spiro atoms. The van der Waals surface area contributed by atoms with Gasteiger partial charge in [0.05, 0.1) is 23.1 Å². The lowest BCUT2D eigenvalue weighted by Crippen LogP contribution is -2.34. The summed E-state index contributed by atoms with van der Waals surface area (Å²) in [5.74, 6) is -0.0101. The molecule has 3 nitrogen and oxygen atoms in total. The molecule has 0 atom stereocenters. The summed E-state index contributed by atoms with van der Waals surface area (Å²) < 4.78 is 0. The van der Waals surface area contributed by atoms with E-state index in [1.165, 1.54) is 0 Å². The number of halogens is 2. The summed E-state index contributed by atoms with van der Waals surface area (Å²) in [7, 11) is 1.88. The summed E-state index contributed by atoms with van der Waals surface area (Å²) in [6.07, 6.45) is 0. The van der Waals surface area contributed by atoms with Gasteiger partial charge in [0.15, 0.2) is 0 Å². The molecule has 21 heavy (non-hydrogen) atoms. The fraction of sp³-hybridized carbons (Fsp3) is 0.267. The van der Waals surface area contributed by atoms with Crippen molar-refractivity contribution >= 4 is 40.4 Å². The van der Waals surface area contributed by atoms with E-state index in [9.17, 15) is 4.79 Å². The van der Waals surface area contributed by atoms with E-state index in [1.54, 1.807) is 17.4 Å². The monoisotopic (exact) mass is 342 g/mol. The predicted octanol–water partition coefficient (Wildman–Crippen LogP) is 3.80. The minimum Gasteiger partial charge on any atom is -0.350 e. The quantitative estimate of drug-likeness (QED) is 0.865. The van der Waals surface area contributed by atoms with E-state index in [-0.39, 0.29) is 5.91 Å². The van der Waals surface area contributed by atoms with Crippen LogP contribution in [0.1, 0.15) is 10.4 Å². The van der Waals surface area contributed by atoms with Crippen LogP contribution in [0.4, 0.5) is 0 Å². The van der Waals surface area contributed by atoms with Crippen molar-refractivity contribution in [1.29, 1.82) is 0 Å². The molecule has 0 aliphatic carbocycles. The highest BCUT2D eigenvalue weighted by atomic mass is 35.5. The Labute approximate surface area is 138 Å². The Morgan fingerprint density at radius 1 is 1.29 bits per heavy atom. The van der Waals surface area contributed by atoms with E-state index in [2.05, 4.69) is 5.32 Å². The van der Waals surface area contributed by atoms with E-state index in [1.807, 2.05) is 41.6 Å². The van der Waals surface area contributed by atoms with Crippen LogP contribution in [0.15, 0.2) is 35.7 Å². The number of amides is 1. The molecular weight excluding hydrogens is 327 g/mol. The van der Waals surface area contributed by atoms with Crippen molar-refractivity contribution in [3.63, 3.8) is 0 Å². The number of nitrogens with zero attached hydrogens (tertiary/aromatic N) is 1. The zero-order valence-electron chi connectivity index (χ0n) is 11.6. The van der Waals surface area contributed by atoms with Gasteiger partial charge in [-0.1, -0.05) is 41.4 Å². The van der Waals surface area contributed by atoms with Gasteiger partial charge in [0, 0.05) is 11.4 Å². The standard InChI is InChI=1S/C15H16Cl2N2OS/c1-19(9-11-4-2-6-13(16)15(11)17)10-14(20)18-8-12-5-3-7-21-12/h2-7H,8-10H2,1H3,(H,18,20). The zero-order chi connectivity index (χ0) is 15.2. The molecule has 2 aromatic rings. The summed E-state index contributed by atoms with van der Waals surface area (Å²) >= 11 is 13.8. The average molecular weight is 343 g/mol. The molecule has 6 heteroatoms. The van der Waals surface area contributed by atoms with Gasteiger partial charge in [0.1, 0.15) is 0 Å². The van der Waals surface area contributed by atoms with Crippen LogP contribution in [0.25, 0.3) is 0 Å². The van der Waals surface area contributed by atoms with E-state index in [0.29, 0.717) is 29.7 Å². The molecular formula is C15H16Cl2N2OS. The predicted molar refractivity (Wildman–Crippen MR) is 89.0 cm³/mol. The number of carbonyl (C=O) groups is 1. The average Bonchev–Trinajstić information content (AvgIpc) is 2.95. The molecule has 0 aliphatic rings. The highest BCUT2D eigenvalue weighted by Gasteiger charge is 2.10. The molecule has 1 amide bonds.